The second-order valence-electron chi connectivity index (χ2n) is 5.22. The highest BCUT2D eigenvalue weighted by Crippen LogP contribution is 2.29. The summed E-state index contributed by atoms with van der Waals surface area (Å²) >= 11 is 0. The molecule has 0 aliphatic carbocycles. The summed E-state index contributed by atoms with van der Waals surface area (Å²) in [7, 11) is 1.23. The van der Waals surface area contributed by atoms with Crippen molar-refractivity contribution in [2.24, 2.45) is 0 Å². The third kappa shape index (κ3) is 3.97. The van der Waals surface area contributed by atoms with Gasteiger partial charge in [-0.3, -0.25) is 9.63 Å². The number of hydroxylamine groups is 2. The smallest absolute Gasteiger partial charge is 0.467 e. The van der Waals surface area contributed by atoms with Crippen molar-refractivity contribution in [2.75, 3.05) is 7.11 Å². The second kappa shape index (κ2) is 7.19. The number of halogens is 4. The van der Waals surface area contributed by atoms with E-state index in [0.717, 1.165) is 17.2 Å². The van der Waals surface area contributed by atoms with Gasteiger partial charge in [-0.25, -0.2) is 9.45 Å². The Labute approximate surface area is 149 Å². The maximum atomic E-state index is 14.4. The van der Waals surface area contributed by atoms with Gasteiger partial charge in [0.05, 0.1) is 18.9 Å². The quantitative estimate of drug-likeness (QED) is 0.492. The highest BCUT2D eigenvalue weighted by atomic mass is 19.4. The molecule has 3 aromatic rings. The molecule has 0 radical (unpaired) electrons. The van der Waals surface area contributed by atoms with Gasteiger partial charge in [0.25, 0.3) is 5.91 Å². The zero-order valence-corrected chi connectivity index (χ0v) is 13.7. The molecule has 0 N–H and O–H groups in total. The minimum Gasteiger partial charge on any atom is -0.467 e. The number of alkyl halides is 3. The largest absolute Gasteiger partial charge is 0.471 e. The van der Waals surface area contributed by atoms with E-state index in [1.165, 1.54) is 19.4 Å². The molecule has 11 heteroatoms. The molecule has 27 heavy (non-hydrogen) atoms. The Hall–Kier alpha value is -3.21. The number of aromatic nitrogens is 2. The van der Waals surface area contributed by atoms with Crippen molar-refractivity contribution in [3.8, 4) is 11.4 Å². The van der Waals surface area contributed by atoms with Crippen LogP contribution in [0.1, 0.15) is 22.0 Å². The van der Waals surface area contributed by atoms with Crippen LogP contribution in [0.25, 0.3) is 11.4 Å². The summed E-state index contributed by atoms with van der Waals surface area (Å²) in [5, 5.41) is 4.03. The fourth-order valence-corrected chi connectivity index (χ4v) is 2.18. The van der Waals surface area contributed by atoms with Gasteiger partial charge in [0, 0.05) is 5.56 Å². The Morgan fingerprint density at radius 1 is 1.30 bits per heavy atom. The van der Waals surface area contributed by atoms with Crippen LogP contribution in [0.3, 0.4) is 0 Å². The molecule has 3 rings (SSSR count). The third-order valence-electron chi connectivity index (χ3n) is 3.45. The average Bonchev–Trinajstić information content (AvgIpc) is 3.30. The summed E-state index contributed by atoms with van der Waals surface area (Å²) in [5.74, 6) is -3.39. The molecule has 0 saturated heterocycles. The lowest BCUT2D eigenvalue weighted by atomic mass is 10.1. The Morgan fingerprint density at radius 2 is 2.07 bits per heavy atom. The summed E-state index contributed by atoms with van der Waals surface area (Å²) in [5.41, 5.74) is -0.440. The number of rotatable bonds is 5. The van der Waals surface area contributed by atoms with Crippen LogP contribution in [-0.2, 0) is 17.6 Å². The van der Waals surface area contributed by atoms with Crippen LogP contribution < -0.4 is 0 Å². The summed E-state index contributed by atoms with van der Waals surface area (Å²) < 4.78 is 61.1. The van der Waals surface area contributed by atoms with Crippen molar-refractivity contribution in [2.45, 2.75) is 12.7 Å². The molecular formula is C16H11F4N3O4. The van der Waals surface area contributed by atoms with Crippen molar-refractivity contribution in [1.29, 1.82) is 0 Å². The van der Waals surface area contributed by atoms with Crippen molar-refractivity contribution < 1.29 is 36.1 Å². The third-order valence-corrected chi connectivity index (χ3v) is 3.45. The zero-order valence-electron chi connectivity index (χ0n) is 13.7. The van der Waals surface area contributed by atoms with Crippen LogP contribution in [0.5, 0.6) is 0 Å². The Morgan fingerprint density at radius 3 is 2.63 bits per heavy atom. The minimum absolute atomic E-state index is 0.0662. The first kappa shape index (κ1) is 18.6. The van der Waals surface area contributed by atoms with E-state index in [4.69, 9.17) is 9.25 Å². The van der Waals surface area contributed by atoms with Crippen LogP contribution in [0.2, 0.25) is 0 Å². The van der Waals surface area contributed by atoms with Crippen molar-refractivity contribution in [3.05, 3.63) is 59.6 Å². The lowest BCUT2D eigenvalue weighted by Crippen LogP contribution is -2.30. The first-order valence-corrected chi connectivity index (χ1v) is 7.38. The van der Waals surface area contributed by atoms with E-state index in [2.05, 4.69) is 14.7 Å². The standard InChI is InChI=1S/C16H11F4N3O4/c1-25-23(8-10-3-2-6-26-10)14(24)11-5-4-9(7-12(11)17)13-21-15(27-22-13)16(18,19)20/h2-7H,8H2,1H3. The molecule has 0 aliphatic rings. The van der Waals surface area contributed by atoms with Gasteiger partial charge in [0.1, 0.15) is 18.1 Å². The summed E-state index contributed by atoms with van der Waals surface area (Å²) in [6, 6.07) is 6.34. The van der Waals surface area contributed by atoms with Crippen LogP contribution in [0.15, 0.2) is 45.5 Å². The topological polar surface area (TPSA) is 81.6 Å². The van der Waals surface area contributed by atoms with Gasteiger partial charge in [-0.1, -0.05) is 11.2 Å². The van der Waals surface area contributed by atoms with E-state index >= 15 is 0 Å². The maximum absolute atomic E-state index is 14.4. The van der Waals surface area contributed by atoms with Gasteiger partial charge in [-0.15, -0.1) is 0 Å². The first-order valence-electron chi connectivity index (χ1n) is 7.38. The number of nitrogens with zero attached hydrogens (tertiary/aromatic N) is 3. The number of carbonyl (C=O) groups excluding carboxylic acids is 1. The van der Waals surface area contributed by atoms with Gasteiger partial charge in [0.15, 0.2) is 0 Å². The number of amides is 1. The Bertz CT molecular complexity index is 938. The van der Waals surface area contributed by atoms with Gasteiger partial charge in [-0.05, 0) is 24.3 Å². The predicted molar refractivity (Wildman–Crippen MR) is 80.3 cm³/mol. The summed E-state index contributed by atoms with van der Waals surface area (Å²) in [6.45, 7) is -0.0662. The van der Waals surface area contributed by atoms with E-state index < -0.39 is 29.6 Å². The molecule has 0 aliphatic heterocycles. The van der Waals surface area contributed by atoms with Gasteiger partial charge < -0.3 is 8.94 Å². The van der Waals surface area contributed by atoms with Gasteiger partial charge in [0.2, 0.25) is 5.82 Å². The molecule has 2 heterocycles. The van der Waals surface area contributed by atoms with Crippen molar-refractivity contribution >= 4 is 5.91 Å². The van der Waals surface area contributed by atoms with E-state index in [9.17, 15) is 22.4 Å². The summed E-state index contributed by atoms with van der Waals surface area (Å²) in [6.07, 6.45) is -3.41. The number of carbonyl (C=O) groups is 1. The maximum Gasteiger partial charge on any atom is 0.471 e. The average molecular weight is 385 g/mol. The molecule has 7 nitrogen and oxygen atoms in total. The highest BCUT2D eigenvalue weighted by molar-refractivity contribution is 5.94. The minimum atomic E-state index is -4.81. The van der Waals surface area contributed by atoms with E-state index in [1.807, 2.05) is 0 Å². The first-order chi connectivity index (χ1) is 12.8. The number of benzene rings is 1. The molecule has 142 valence electrons. The second-order valence-corrected chi connectivity index (χ2v) is 5.22. The molecular weight excluding hydrogens is 374 g/mol. The number of furan rings is 1. The van der Waals surface area contributed by atoms with E-state index in [0.29, 0.717) is 5.76 Å². The normalized spacial score (nSPS) is 11.6. The number of hydrogen-bond donors (Lipinski definition) is 0. The number of hydrogen-bond acceptors (Lipinski definition) is 6. The molecule has 0 unspecified atom stereocenters. The Balaban J connectivity index is 1.83. The lowest BCUT2D eigenvalue weighted by molar-refractivity contribution is -0.159. The molecule has 0 fully saturated rings. The zero-order chi connectivity index (χ0) is 19.6. The SMILES string of the molecule is CON(Cc1ccco1)C(=O)c1ccc(-c2noc(C(F)(F)F)n2)cc1F. The fraction of sp³-hybridized carbons (Fsp3) is 0.188. The molecule has 0 spiro atoms. The molecule has 2 aromatic heterocycles. The van der Waals surface area contributed by atoms with Crippen molar-refractivity contribution in [1.82, 2.24) is 15.2 Å². The lowest BCUT2D eigenvalue weighted by Gasteiger charge is -2.18. The molecule has 0 bridgehead atoms. The van der Waals surface area contributed by atoms with Gasteiger partial charge in [-0.2, -0.15) is 18.2 Å². The van der Waals surface area contributed by atoms with Crippen molar-refractivity contribution in [3.63, 3.8) is 0 Å². The predicted octanol–water partition coefficient (Wildman–Crippen LogP) is 3.69. The van der Waals surface area contributed by atoms with Crippen LogP contribution in [0.4, 0.5) is 17.6 Å². The molecule has 0 atom stereocenters. The van der Waals surface area contributed by atoms with E-state index in [-0.39, 0.29) is 17.7 Å². The molecule has 0 saturated carbocycles. The fourth-order valence-electron chi connectivity index (χ4n) is 2.18. The van der Waals surface area contributed by atoms with Crippen LogP contribution in [-0.4, -0.2) is 28.2 Å². The highest BCUT2D eigenvalue weighted by Gasteiger charge is 2.38. The van der Waals surface area contributed by atoms with Crippen LogP contribution in [0, 0.1) is 5.82 Å². The summed E-state index contributed by atoms with van der Waals surface area (Å²) in [4.78, 5) is 20.5. The van der Waals surface area contributed by atoms with E-state index in [1.54, 1.807) is 12.1 Å². The van der Waals surface area contributed by atoms with Gasteiger partial charge >= 0.3 is 12.1 Å². The van der Waals surface area contributed by atoms with Crippen LogP contribution >= 0.6 is 0 Å². The Kier molecular flexibility index (Phi) is 4.95. The monoisotopic (exact) mass is 385 g/mol. The molecule has 1 aromatic carbocycles. The molecule has 1 amide bonds.